The van der Waals surface area contributed by atoms with Crippen molar-refractivity contribution in [3.05, 3.63) is 59.4 Å². The monoisotopic (exact) mass is 752 g/mol. The van der Waals surface area contributed by atoms with Crippen molar-refractivity contribution in [1.82, 2.24) is 30.2 Å². The summed E-state index contributed by atoms with van der Waals surface area (Å²) in [5.74, 6) is -0.0345. The molecule has 6 bridgehead atoms. The summed E-state index contributed by atoms with van der Waals surface area (Å²) in [6.07, 6.45) is 6.83. The number of hydrogen-bond donors (Lipinski definition) is 2. The lowest BCUT2D eigenvalue weighted by Gasteiger charge is -2.40. The average Bonchev–Trinajstić information content (AvgIpc) is 3.66. The van der Waals surface area contributed by atoms with E-state index < -0.39 is 17.5 Å². The maximum absolute atomic E-state index is 14.4. The number of aryl methyl sites for hydroxylation is 1. The summed E-state index contributed by atoms with van der Waals surface area (Å²) in [5, 5.41) is 5.89. The van der Waals surface area contributed by atoms with Crippen molar-refractivity contribution in [3.8, 4) is 11.3 Å². The van der Waals surface area contributed by atoms with E-state index in [1.54, 1.807) is 12.1 Å². The van der Waals surface area contributed by atoms with E-state index in [2.05, 4.69) is 99.0 Å². The molecule has 1 aliphatic carbocycles. The summed E-state index contributed by atoms with van der Waals surface area (Å²) in [6.45, 7) is 17.9. The van der Waals surface area contributed by atoms with E-state index in [0.29, 0.717) is 45.5 Å². The predicted molar refractivity (Wildman–Crippen MR) is 215 cm³/mol. The number of carbonyl (C=O) groups excluding carboxylic acids is 3. The van der Waals surface area contributed by atoms with Crippen molar-refractivity contribution < 1.29 is 23.9 Å². The molecule has 1 saturated carbocycles. The van der Waals surface area contributed by atoms with Crippen LogP contribution in [-0.4, -0.2) is 95.3 Å². The van der Waals surface area contributed by atoms with Gasteiger partial charge >= 0.3 is 5.97 Å². The first-order chi connectivity index (χ1) is 26.3. The molecule has 5 heterocycles. The predicted octanol–water partition coefficient (Wildman–Crippen LogP) is 5.96. The highest BCUT2D eigenvalue weighted by molar-refractivity contribution is 5.95. The molecule has 2 aromatic heterocycles. The Bertz CT molecular complexity index is 1960. The van der Waals surface area contributed by atoms with Gasteiger partial charge < -0.3 is 19.4 Å². The van der Waals surface area contributed by atoms with Crippen LogP contribution in [0.2, 0.25) is 0 Å². The number of esters is 1. The third-order valence-electron chi connectivity index (χ3n) is 12.5. The molecule has 7 rings (SSSR count). The van der Waals surface area contributed by atoms with Gasteiger partial charge in [0.2, 0.25) is 5.91 Å². The molecule has 11 nitrogen and oxygen atoms in total. The van der Waals surface area contributed by atoms with Gasteiger partial charge in [-0.2, -0.15) is 0 Å². The summed E-state index contributed by atoms with van der Waals surface area (Å²) >= 11 is 0. The summed E-state index contributed by atoms with van der Waals surface area (Å²) in [6, 6.07) is 9.56. The number of amides is 2. The molecule has 3 aliphatic heterocycles. The number of fused-ring (bicyclic) bond motifs is 6. The topological polar surface area (TPSA) is 118 Å². The van der Waals surface area contributed by atoms with Gasteiger partial charge in [0.25, 0.3) is 5.91 Å². The van der Waals surface area contributed by atoms with Crippen LogP contribution in [0.1, 0.15) is 90.5 Å². The van der Waals surface area contributed by atoms with Gasteiger partial charge in [0.05, 0.1) is 24.6 Å². The maximum Gasteiger partial charge on any atom is 0.324 e. The number of methoxy groups -OCH3 is 1. The van der Waals surface area contributed by atoms with E-state index in [1.807, 2.05) is 12.3 Å². The molecule has 3 aromatic rings. The number of carbonyl (C=O) groups is 3. The Morgan fingerprint density at radius 1 is 1.16 bits per heavy atom. The summed E-state index contributed by atoms with van der Waals surface area (Å²) in [4.78, 5) is 49.0. The smallest absolute Gasteiger partial charge is 0.324 e. The highest BCUT2D eigenvalue weighted by atomic mass is 16.5. The molecule has 0 spiro atoms. The number of aromatic nitrogens is 2. The molecular formula is C44H60N6O5. The Labute approximate surface area is 326 Å². The van der Waals surface area contributed by atoms with Crippen LogP contribution in [0.4, 0.5) is 0 Å². The van der Waals surface area contributed by atoms with Crippen LogP contribution < -0.4 is 10.7 Å². The molecule has 55 heavy (non-hydrogen) atoms. The first kappa shape index (κ1) is 39.2. The van der Waals surface area contributed by atoms with Gasteiger partial charge in [-0.1, -0.05) is 53.7 Å². The van der Waals surface area contributed by atoms with E-state index in [4.69, 9.17) is 14.5 Å². The van der Waals surface area contributed by atoms with Crippen LogP contribution >= 0.6 is 0 Å². The SMILES string of the molecule is CCn1c(-c2cccnc2C(C)C)c2c3cc(ccc31)C1=CC[C@H](COC)N(C1)C[C@H](NC(=O)C1[C@@H](C)[C@H]1C)C(=O)N1CCC[C@H](N1)C(=O)OCC(C)(C)C2. The molecule has 2 fully saturated rings. The first-order valence-electron chi connectivity index (χ1n) is 20.4. The number of nitrogens with zero attached hydrogens (tertiary/aromatic N) is 4. The third-order valence-corrected chi connectivity index (χ3v) is 12.5. The zero-order valence-electron chi connectivity index (χ0n) is 34.0. The second-order valence-corrected chi connectivity index (χ2v) is 17.5. The molecular weight excluding hydrogens is 693 g/mol. The van der Waals surface area contributed by atoms with Crippen molar-refractivity contribution in [2.75, 3.05) is 40.0 Å². The van der Waals surface area contributed by atoms with E-state index >= 15 is 0 Å². The van der Waals surface area contributed by atoms with Crippen LogP contribution in [0.25, 0.3) is 27.7 Å². The lowest BCUT2D eigenvalue weighted by molar-refractivity contribution is -0.155. The minimum Gasteiger partial charge on any atom is -0.464 e. The van der Waals surface area contributed by atoms with Gasteiger partial charge in [0.15, 0.2) is 0 Å². The number of benzene rings is 1. The summed E-state index contributed by atoms with van der Waals surface area (Å²) in [7, 11) is 1.71. The second kappa shape index (κ2) is 15.8. The van der Waals surface area contributed by atoms with E-state index in [-0.39, 0.29) is 54.1 Å². The van der Waals surface area contributed by atoms with Gasteiger partial charge in [0.1, 0.15) is 12.1 Å². The number of hydrazine groups is 1. The lowest BCUT2D eigenvalue weighted by Crippen LogP contribution is -2.62. The third kappa shape index (κ3) is 7.85. The molecule has 11 heteroatoms. The molecule has 2 N–H and O–H groups in total. The molecule has 296 valence electrons. The fourth-order valence-electron chi connectivity index (χ4n) is 9.17. The van der Waals surface area contributed by atoms with Crippen molar-refractivity contribution in [2.24, 2.45) is 23.2 Å². The van der Waals surface area contributed by atoms with Crippen molar-refractivity contribution in [1.29, 1.82) is 0 Å². The lowest BCUT2D eigenvalue weighted by atomic mass is 9.83. The Morgan fingerprint density at radius 2 is 1.95 bits per heavy atom. The maximum atomic E-state index is 14.4. The number of rotatable bonds is 7. The zero-order valence-corrected chi connectivity index (χ0v) is 34.0. The standard InChI is InChI=1S/C44H60N6O5/c1-9-49-37-17-15-29-20-33(37)34(40(49)32-12-10-18-45-39(32)26(2)3)21-44(6,7)25-55-43(53)35-13-11-19-50(47-35)42(52)36(46-41(51)38-27(4)28(38)5)23-48-22-30(29)14-16-31(48)24-54-8/h10,12,14-15,17-18,20,26-28,31,35-36,38,47H,9,11,13,16,19,21-25H2,1-8H3,(H,46,51)/t27-,28+,31-,35+,36+,38?/m1/s1. The zero-order chi connectivity index (χ0) is 39.2. The first-order valence-corrected chi connectivity index (χ1v) is 20.4. The van der Waals surface area contributed by atoms with E-state index in [9.17, 15) is 14.4 Å². The van der Waals surface area contributed by atoms with E-state index in [1.165, 1.54) is 22.2 Å². The molecule has 2 amide bonds. The van der Waals surface area contributed by atoms with Crippen LogP contribution in [0.3, 0.4) is 0 Å². The Morgan fingerprint density at radius 3 is 2.65 bits per heavy atom. The summed E-state index contributed by atoms with van der Waals surface area (Å²) in [5.41, 5.74) is 10.9. The van der Waals surface area contributed by atoms with Crippen molar-refractivity contribution in [2.45, 2.75) is 105 Å². The fraction of sp³-hybridized carbons (Fsp3) is 0.591. The largest absolute Gasteiger partial charge is 0.464 e. The van der Waals surface area contributed by atoms with E-state index in [0.717, 1.165) is 35.3 Å². The van der Waals surface area contributed by atoms with Gasteiger partial charge in [-0.05, 0) is 91.3 Å². The number of pyridine rings is 1. The fourth-order valence-corrected chi connectivity index (χ4v) is 9.17. The van der Waals surface area contributed by atoms with Gasteiger partial charge in [-0.15, -0.1) is 0 Å². The van der Waals surface area contributed by atoms with Crippen LogP contribution in [0.5, 0.6) is 0 Å². The number of hydrogen-bond acceptors (Lipinski definition) is 8. The molecule has 7 atom stereocenters. The van der Waals surface area contributed by atoms with Crippen LogP contribution in [-0.2, 0) is 36.8 Å². The minimum absolute atomic E-state index is 0.0234. The normalized spacial score (nSPS) is 28.4. The van der Waals surface area contributed by atoms with Crippen molar-refractivity contribution >= 4 is 34.3 Å². The number of cyclic esters (lactones) is 1. The molecule has 0 radical (unpaired) electrons. The highest BCUT2D eigenvalue weighted by Gasteiger charge is 2.49. The number of ether oxygens (including phenoxy) is 2. The van der Waals surface area contributed by atoms with Crippen LogP contribution in [0, 0.1) is 23.2 Å². The molecule has 2 unspecified atom stereocenters. The Balaban J connectivity index is 1.36. The Hall–Kier alpha value is -4.06. The number of nitrogens with one attached hydrogen (secondary N) is 2. The Kier molecular flexibility index (Phi) is 11.3. The summed E-state index contributed by atoms with van der Waals surface area (Å²) < 4.78 is 14.2. The average molecular weight is 753 g/mol. The quantitative estimate of drug-likeness (QED) is 0.284. The van der Waals surface area contributed by atoms with Crippen LogP contribution in [0.15, 0.2) is 42.6 Å². The molecule has 4 aliphatic rings. The van der Waals surface area contributed by atoms with Gasteiger partial charge in [-0.25, -0.2) is 5.43 Å². The van der Waals surface area contributed by atoms with Crippen molar-refractivity contribution in [3.63, 3.8) is 0 Å². The minimum atomic E-state index is -0.809. The molecule has 1 saturated heterocycles. The second-order valence-electron chi connectivity index (χ2n) is 17.5. The molecule has 1 aromatic carbocycles. The highest BCUT2D eigenvalue weighted by Crippen LogP contribution is 2.45. The van der Waals surface area contributed by atoms with Gasteiger partial charge in [0, 0.05) is 73.3 Å². The van der Waals surface area contributed by atoms with Gasteiger partial charge in [-0.3, -0.25) is 29.3 Å².